The van der Waals surface area contributed by atoms with Crippen LogP contribution >= 0.6 is 35.6 Å². The van der Waals surface area contributed by atoms with Gasteiger partial charge < -0.3 is 15.5 Å². The van der Waals surface area contributed by atoms with Crippen molar-refractivity contribution in [3.8, 4) is 0 Å². The second kappa shape index (κ2) is 12.9. The predicted molar refractivity (Wildman–Crippen MR) is 140 cm³/mol. The van der Waals surface area contributed by atoms with E-state index in [1.807, 2.05) is 57.0 Å². The summed E-state index contributed by atoms with van der Waals surface area (Å²) in [5.41, 5.74) is 3.94. The van der Waals surface area contributed by atoms with E-state index in [2.05, 4.69) is 39.5 Å². The number of aromatic nitrogens is 2. The van der Waals surface area contributed by atoms with Gasteiger partial charge in [-0.25, -0.2) is 0 Å². The fourth-order valence-corrected chi connectivity index (χ4v) is 3.44. The highest BCUT2D eigenvalue weighted by Crippen LogP contribution is 2.22. The average Bonchev–Trinajstić information content (AvgIpc) is 3.03. The normalized spacial score (nSPS) is 11.3. The van der Waals surface area contributed by atoms with E-state index in [1.54, 1.807) is 0 Å². The number of aliphatic imine (C=N–C) groups is 1. The second-order valence-electron chi connectivity index (χ2n) is 7.74. The van der Waals surface area contributed by atoms with E-state index >= 15 is 0 Å². The average molecular weight is 561 g/mol. The highest BCUT2D eigenvalue weighted by Gasteiger charge is 2.15. The molecule has 0 spiro atoms. The van der Waals surface area contributed by atoms with Crippen LogP contribution in [0.1, 0.15) is 49.9 Å². The zero-order valence-electron chi connectivity index (χ0n) is 19.2. The third-order valence-electron chi connectivity index (χ3n) is 4.59. The van der Waals surface area contributed by atoms with Crippen molar-refractivity contribution in [2.45, 2.75) is 46.6 Å². The zero-order chi connectivity index (χ0) is 22.3. The summed E-state index contributed by atoms with van der Waals surface area (Å²) in [7, 11) is 3.93. The van der Waals surface area contributed by atoms with Crippen LogP contribution in [0.25, 0.3) is 0 Å². The Kier molecular flexibility index (Phi) is 11.3. The van der Waals surface area contributed by atoms with Crippen LogP contribution in [-0.2, 0) is 18.4 Å². The first-order valence-electron chi connectivity index (χ1n) is 10.3. The minimum atomic E-state index is -0.114. The van der Waals surface area contributed by atoms with E-state index in [0.717, 1.165) is 23.8 Å². The van der Waals surface area contributed by atoms with Gasteiger partial charge in [0.2, 0.25) is 5.91 Å². The van der Waals surface area contributed by atoms with Gasteiger partial charge in [-0.1, -0.05) is 31.5 Å². The van der Waals surface area contributed by atoms with E-state index in [9.17, 15) is 4.79 Å². The molecule has 1 aromatic heterocycles. The Morgan fingerprint density at radius 3 is 2.68 bits per heavy atom. The van der Waals surface area contributed by atoms with Crippen LogP contribution in [0, 0.1) is 6.92 Å². The lowest BCUT2D eigenvalue weighted by molar-refractivity contribution is -0.116. The van der Waals surface area contributed by atoms with Crippen molar-refractivity contribution in [1.82, 2.24) is 20.0 Å². The molecule has 2 aromatic rings. The predicted octanol–water partition coefficient (Wildman–Crippen LogP) is 4.55. The molecule has 0 aliphatic heterocycles. The van der Waals surface area contributed by atoms with Crippen molar-refractivity contribution in [2.75, 3.05) is 25.5 Å². The van der Waals surface area contributed by atoms with Gasteiger partial charge in [0.1, 0.15) is 0 Å². The summed E-state index contributed by atoms with van der Waals surface area (Å²) in [4.78, 5) is 19.0. The maximum atomic E-state index is 12.3. The number of halogens is 2. The topological polar surface area (TPSA) is 74.6 Å². The van der Waals surface area contributed by atoms with Crippen LogP contribution in [-0.4, -0.2) is 46.7 Å². The van der Waals surface area contributed by atoms with Crippen molar-refractivity contribution in [3.05, 3.63) is 46.2 Å². The fraction of sp³-hybridized carbons (Fsp3) is 0.500. The molecular weight excluding hydrogens is 527 g/mol. The Labute approximate surface area is 207 Å². The van der Waals surface area contributed by atoms with Gasteiger partial charge in [-0.15, -0.1) is 24.0 Å². The first-order chi connectivity index (χ1) is 14.2. The molecule has 1 amide bonds. The molecule has 2 N–H and O–H groups in total. The number of guanidine groups is 1. The molecule has 0 bridgehead atoms. The number of carbonyl (C=O) groups is 1. The lowest BCUT2D eigenvalue weighted by Crippen LogP contribution is -2.38. The summed E-state index contributed by atoms with van der Waals surface area (Å²) in [6.07, 6.45) is 2.32. The molecule has 0 unspecified atom stereocenters. The van der Waals surface area contributed by atoms with Crippen LogP contribution in [0.15, 0.2) is 29.4 Å². The maximum Gasteiger partial charge on any atom is 0.226 e. The Balaban J connectivity index is 0.00000480. The molecule has 9 heteroatoms. The maximum absolute atomic E-state index is 12.3. The summed E-state index contributed by atoms with van der Waals surface area (Å²) in [6, 6.07) is 5.57. The molecule has 0 saturated heterocycles. The van der Waals surface area contributed by atoms with Crippen molar-refractivity contribution in [1.29, 1.82) is 0 Å². The van der Waals surface area contributed by atoms with Gasteiger partial charge >= 0.3 is 0 Å². The van der Waals surface area contributed by atoms with Crippen molar-refractivity contribution < 1.29 is 4.79 Å². The highest BCUT2D eigenvalue weighted by molar-refractivity contribution is 14.0. The minimum Gasteiger partial charge on any atom is -0.357 e. The number of hydrogen-bond donors (Lipinski definition) is 2. The zero-order valence-corrected chi connectivity index (χ0v) is 22.3. The number of amides is 1. The summed E-state index contributed by atoms with van der Waals surface area (Å²) in [5, 5.41) is 11.3. The van der Waals surface area contributed by atoms with E-state index in [-0.39, 0.29) is 36.3 Å². The Morgan fingerprint density at radius 1 is 1.35 bits per heavy atom. The van der Waals surface area contributed by atoms with Gasteiger partial charge in [0.05, 0.1) is 22.9 Å². The SMILES string of the molecule is CCNC(=NCCC(=O)Nc1ccc(C)cc1Cl)N(C)Cc1cn(C)nc1C(C)C.I. The number of nitrogens with zero attached hydrogens (tertiary/aromatic N) is 4. The first kappa shape index (κ1) is 27.2. The molecule has 172 valence electrons. The Morgan fingerprint density at radius 2 is 2.06 bits per heavy atom. The van der Waals surface area contributed by atoms with Gasteiger partial charge in [-0.3, -0.25) is 14.5 Å². The molecule has 0 aliphatic rings. The molecule has 0 saturated carbocycles. The van der Waals surface area contributed by atoms with Crippen LogP contribution < -0.4 is 10.6 Å². The van der Waals surface area contributed by atoms with Crippen molar-refractivity contribution in [2.24, 2.45) is 12.0 Å². The smallest absolute Gasteiger partial charge is 0.226 e. The van der Waals surface area contributed by atoms with E-state index < -0.39 is 0 Å². The Bertz CT molecular complexity index is 896. The number of carbonyl (C=O) groups excluding carboxylic acids is 1. The summed E-state index contributed by atoms with van der Waals surface area (Å²) in [6.45, 7) is 10.1. The van der Waals surface area contributed by atoms with Crippen LogP contribution in [0.3, 0.4) is 0 Å². The quantitative estimate of drug-likeness (QED) is 0.282. The fourth-order valence-electron chi connectivity index (χ4n) is 3.16. The van der Waals surface area contributed by atoms with Gasteiger partial charge in [0.25, 0.3) is 0 Å². The number of anilines is 1. The molecule has 31 heavy (non-hydrogen) atoms. The molecule has 0 atom stereocenters. The van der Waals surface area contributed by atoms with E-state index in [0.29, 0.717) is 29.7 Å². The summed E-state index contributed by atoms with van der Waals surface area (Å²) in [5.74, 6) is 1.00. The van der Waals surface area contributed by atoms with E-state index in [1.165, 1.54) is 5.56 Å². The van der Waals surface area contributed by atoms with Crippen LogP contribution in [0.2, 0.25) is 5.02 Å². The number of rotatable bonds is 8. The van der Waals surface area contributed by atoms with Crippen LogP contribution in [0.5, 0.6) is 0 Å². The van der Waals surface area contributed by atoms with Crippen molar-refractivity contribution in [3.63, 3.8) is 0 Å². The molecule has 7 nitrogen and oxygen atoms in total. The lowest BCUT2D eigenvalue weighted by Gasteiger charge is -2.22. The Hall–Kier alpha value is -1.81. The third kappa shape index (κ3) is 8.33. The summed E-state index contributed by atoms with van der Waals surface area (Å²) < 4.78 is 1.85. The molecule has 0 radical (unpaired) electrons. The molecule has 2 rings (SSSR count). The largest absolute Gasteiger partial charge is 0.357 e. The molecule has 0 fully saturated rings. The number of hydrogen-bond acceptors (Lipinski definition) is 3. The third-order valence-corrected chi connectivity index (χ3v) is 4.90. The van der Waals surface area contributed by atoms with Crippen molar-refractivity contribution >= 4 is 53.1 Å². The summed E-state index contributed by atoms with van der Waals surface area (Å²) >= 11 is 6.19. The number of benzene rings is 1. The van der Waals surface area contributed by atoms with Gasteiger partial charge in [-0.2, -0.15) is 5.10 Å². The molecule has 1 heterocycles. The number of aryl methyl sites for hydroxylation is 2. The first-order valence-corrected chi connectivity index (χ1v) is 10.7. The monoisotopic (exact) mass is 560 g/mol. The lowest BCUT2D eigenvalue weighted by atomic mass is 10.1. The van der Waals surface area contributed by atoms with Gasteiger partial charge in [0, 0.05) is 45.4 Å². The molecule has 1 aromatic carbocycles. The molecular formula is C22H34ClIN6O. The molecule has 0 aliphatic carbocycles. The number of nitrogens with one attached hydrogen (secondary N) is 2. The van der Waals surface area contributed by atoms with E-state index in [4.69, 9.17) is 11.6 Å². The second-order valence-corrected chi connectivity index (χ2v) is 8.15. The van der Waals surface area contributed by atoms with Gasteiger partial charge in [0.15, 0.2) is 5.96 Å². The highest BCUT2D eigenvalue weighted by atomic mass is 127. The minimum absolute atomic E-state index is 0. The standard InChI is InChI=1S/C22H33ClN6O.HI/c1-7-24-22(28(5)13-17-14-29(6)27-21(17)15(2)3)25-11-10-20(30)26-19-9-8-16(4)12-18(19)23;/h8-9,12,14-15H,7,10-11,13H2,1-6H3,(H,24,25)(H,26,30);1H. The van der Waals surface area contributed by atoms with Crippen LogP contribution in [0.4, 0.5) is 5.69 Å². The van der Waals surface area contributed by atoms with Gasteiger partial charge in [-0.05, 0) is 37.5 Å².